The SMILES string of the molecule is CCOc1ccc2sc(NC(=O)CC)nc2c1. The molecule has 0 aliphatic heterocycles. The number of fused-ring (bicyclic) bond motifs is 1. The van der Waals surface area contributed by atoms with E-state index in [4.69, 9.17) is 4.74 Å². The molecule has 2 aromatic rings. The Kier molecular flexibility index (Phi) is 3.58. The fraction of sp³-hybridized carbons (Fsp3) is 0.333. The minimum Gasteiger partial charge on any atom is -0.494 e. The number of thiazole rings is 1. The Balaban J connectivity index is 2.27. The average molecular weight is 250 g/mol. The van der Waals surface area contributed by atoms with E-state index in [1.807, 2.05) is 32.0 Å². The normalized spacial score (nSPS) is 10.5. The summed E-state index contributed by atoms with van der Waals surface area (Å²) in [4.78, 5) is 15.6. The van der Waals surface area contributed by atoms with Crippen molar-refractivity contribution in [1.29, 1.82) is 0 Å². The van der Waals surface area contributed by atoms with E-state index >= 15 is 0 Å². The second kappa shape index (κ2) is 5.14. The number of aromatic nitrogens is 1. The number of hydrogen-bond acceptors (Lipinski definition) is 4. The summed E-state index contributed by atoms with van der Waals surface area (Å²) in [5, 5.41) is 3.40. The molecule has 0 atom stereocenters. The molecule has 4 nitrogen and oxygen atoms in total. The highest BCUT2D eigenvalue weighted by Crippen LogP contribution is 2.28. The summed E-state index contributed by atoms with van der Waals surface area (Å²) in [7, 11) is 0. The van der Waals surface area contributed by atoms with Crippen LogP contribution in [0.2, 0.25) is 0 Å². The van der Waals surface area contributed by atoms with Gasteiger partial charge in [-0.25, -0.2) is 4.98 Å². The summed E-state index contributed by atoms with van der Waals surface area (Å²) in [6.45, 7) is 4.39. The Morgan fingerprint density at radius 2 is 2.29 bits per heavy atom. The number of anilines is 1. The van der Waals surface area contributed by atoms with Gasteiger partial charge in [-0.1, -0.05) is 18.3 Å². The van der Waals surface area contributed by atoms with Crippen LogP contribution < -0.4 is 10.1 Å². The van der Waals surface area contributed by atoms with Crippen LogP contribution in [-0.2, 0) is 4.79 Å². The molecule has 0 fully saturated rings. The van der Waals surface area contributed by atoms with Gasteiger partial charge in [0.1, 0.15) is 5.75 Å². The fourth-order valence-corrected chi connectivity index (χ4v) is 2.29. The lowest BCUT2D eigenvalue weighted by molar-refractivity contribution is -0.115. The highest BCUT2D eigenvalue weighted by atomic mass is 32.1. The number of carbonyl (C=O) groups excluding carboxylic acids is 1. The van der Waals surface area contributed by atoms with Gasteiger partial charge in [-0.05, 0) is 19.1 Å². The molecule has 0 aliphatic carbocycles. The van der Waals surface area contributed by atoms with Crippen LogP contribution in [0.4, 0.5) is 5.13 Å². The minimum absolute atomic E-state index is 0.0194. The van der Waals surface area contributed by atoms with Crippen LogP contribution in [0.3, 0.4) is 0 Å². The predicted molar refractivity (Wildman–Crippen MR) is 69.7 cm³/mol. The Hall–Kier alpha value is -1.62. The van der Waals surface area contributed by atoms with Crippen LogP contribution in [0, 0.1) is 0 Å². The molecule has 0 aliphatic rings. The number of carbonyl (C=O) groups is 1. The lowest BCUT2D eigenvalue weighted by Gasteiger charge is -2.00. The largest absolute Gasteiger partial charge is 0.494 e. The second-order valence-electron chi connectivity index (χ2n) is 3.48. The number of rotatable bonds is 4. The highest BCUT2D eigenvalue weighted by Gasteiger charge is 2.07. The van der Waals surface area contributed by atoms with Crippen molar-refractivity contribution in [2.24, 2.45) is 0 Å². The van der Waals surface area contributed by atoms with E-state index in [1.165, 1.54) is 11.3 Å². The molecule has 0 spiro atoms. The molecule has 1 aromatic heterocycles. The first kappa shape index (κ1) is 11.9. The number of nitrogens with one attached hydrogen (secondary N) is 1. The summed E-state index contributed by atoms with van der Waals surface area (Å²) in [5.41, 5.74) is 0.854. The lowest BCUT2D eigenvalue weighted by atomic mass is 10.3. The van der Waals surface area contributed by atoms with E-state index in [9.17, 15) is 4.79 Å². The third kappa shape index (κ3) is 2.74. The average Bonchev–Trinajstić information content (AvgIpc) is 2.70. The minimum atomic E-state index is -0.0194. The van der Waals surface area contributed by atoms with Crippen molar-refractivity contribution in [2.45, 2.75) is 20.3 Å². The zero-order chi connectivity index (χ0) is 12.3. The molecular formula is C12H14N2O2S. The van der Waals surface area contributed by atoms with Gasteiger partial charge in [-0.15, -0.1) is 0 Å². The molecule has 17 heavy (non-hydrogen) atoms. The first-order valence-electron chi connectivity index (χ1n) is 5.56. The van der Waals surface area contributed by atoms with Crippen molar-refractivity contribution in [3.8, 4) is 5.75 Å². The van der Waals surface area contributed by atoms with E-state index in [0.717, 1.165) is 16.0 Å². The summed E-state index contributed by atoms with van der Waals surface area (Å²) in [6, 6.07) is 5.76. The van der Waals surface area contributed by atoms with Gasteiger partial charge in [-0.2, -0.15) is 0 Å². The second-order valence-corrected chi connectivity index (χ2v) is 4.51. The lowest BCUT2D eigenvalue weighted by Crippen LogP contribution is -2.08. The molecule has 2 rings (SSSR count). The summed E-state index contributed by atoms with van der Waals surface area (Å²) < 4.78 is 6.44. The Bertz CT molecular complexity index is 536. The molecule has 0 radical (unpaired) electrons. The van der Waals surface area contributed by atoms with Crippen molar-refractivity contribution in [3.63, 3.8) is 0 Å². The van der Waals surface area contributed by atoms with Crippen LogP contribution in [0.15, 0.2) is 18.2 Å². The Labute approximate surface area is 104 Å². The molecule has 5 heteroatoms. The predicted octanol–water partition coefficient (Wildman–Crippen LogP) is 3.04. The van der Waals surface area contributed by atoms with Gasteiger partial charge in [0.15, 0.2) is 5.13 Å². The van der Waals surface area contributed by atoms with Gasteiger partial charge in [0.05, 0.1) is 16.8 Å². The van der Waals surface area contributed by atoms with Crippen molar-refractivity contribution < 1.29 is 9.53 Å². The van der Waals surface area contributed by atoms with Crippen molar-refractivity contribution >= 4 is 32.6 Å². The molecule has 1 heterocycles. The maximum absolute atomic E-state index is 11.3. The summed E-state index contributed by atoms with van der Waals surface area (Å²) in [6.07, 6.45) is 0.458. The van der Waals surface area contributed by atoms with Gasteiger partial charge in [0.2, 0.25) is 5.91 Å². The molecule has 0 saturated heterocycles. The number of hydrogen-bond donors (Lipinski definition) is 1. The van der Waals surface area contributed by atoms with Gasteiger partial charge < -0.3 is 10.1 Å². The molecule has 0 bridgehead atoms. The molecule has 0 unspecified atom stereocenters. The first-order valence-corrected chi connectivity index (χ1v) is 6.37. The van der Waals surface area contributed by atoms with Gasteiger partial charge in [0, 0.05) is 12.5 Å². The third-order valence-electron chi connectivity index (χ3n) is 2.24. The topological polar surface area (TPSA) is 51.2 Å². The van der Waals surface area contributed by atoms with E-state index in [1.54, 1.807) is 0 Å². The van der Waals surface area contributed by atoms with Crippen molar-refractivity contribution in [1.82, 2.24) is 4.98 Å². The maximum atomic E-state index is 11.3. The van der Waals surface area contributed by atoms with Crippen LogP contribution >= 0.6 is 11.3 Å². The fourth-order valence-electron chi connectivity index (χ4n) is 1.42. The number of ether oxygens (including phenoxy) is 1. The van der Waals surface area contributed by atoms with E-state index in [0.29, 0.717) is 18.2 Å². The van der Waals surface area contributed by atoms with E-state index in [2.05, 4.69) is 10.3 Å². The Morgan fingerprint density at radius 1 is 1.47 bits per heavy atom. The molecule has 0 saturated carbocycles. The molecule has 1 aromatic carbocycles. The smallest absolute Gasteiger partial charge is 0.225 e. The van der Waals surface area contributed by atoms with E-state index in [-0.39, 0.29) is 5.91 Å². The van der Waals surface area contributed by atoms with Crippen LogP contribution in [0.1, 0.15) is 20.3 Å². The standard InChI is InChI=1S/C12H14N2O2S/c1-3-11(15)14-12-13-9-7-8(16-4-2)5-6-10(9)17-12/h5-7H,3-4H2,1-2H3,(H,13,14,15). The maximum Gasteiger partial charge on any atom is 0.225 e. The number of benzene rings is 1. The third-order valence-corrected chi connectivity index (χ3v) is 3.19. The molecular weight excluding hydrogens is 236 g/mol. The first-order chi connectivity index (χ1) is 8.22. The summed E-state index contributed by atoms with van der Waals surface area (Å²) >= 11 is 1.47. The Morgan fingerprint density at radius 3 is 3.00 bits per heavy atom. The number of nitrogens with zero attached hydrogens (tertiary/aromatic N) is 1. The monoisotopic (exact) mass is 250 g/mol. The zero-order valence-corrected chi connectivity index (χ0v) is 10.6. The molecule has 1 N–H and O–H groups in total. The van der Waals surface area contributed by atoms with E-state index < -0.39 is 0 Å². The zero-order valence-electron chi connectivity index (χ0n) is 9.82. The quantitative estimate of drug-likeness (QED) is 0.907. The van der Waals surface area contributed by atoms with Gasteiger partial charge >= 0.3 is 0 Å². The van der Waals surface area contributed by atoms with Crippen LogP contribution in [0.5, 0.6) is 5.75 Å². The van der Waals surface area contributed by atoms with Gasteiger partial charge in [-0.3, -0.25) is 4.79 Å². The van der Waals surface area contributed by atoms with Crippen LogP contribution in [0.25, 0.3) is 10.2 Å². The van der Waals surface area contributed by atoms with Crippen LogP contribution in [-0.4, -0.2) is 17.5 Å². The van der Waals surface area contributed by atoms with Gasteiger partial charge in [0.25, 0.3) is 0 Å². The summed E-state index contributed by atoms with van der Waals surface area (Å²) in [5.74, 6) is 0.785. The van der Waals surface area contributed by atoms with Crippen molar-refractivity contribution in [3.05, 3.63) is 18.2 Å². The molecule has 90 valence electrons. The number of amides is 1. The molecule has 1 amide bonds. The highest BCUT2D eigenvalue weighted by molar-refractivity contribution is 7.22. The van der Waals surface area contributed by atoms with Crippen molar-refractivity contribution in [2.75, 3.05) is 11.9 Å².